The molecule has 64 valence electrons. The normalized spacial score (nSPS) is 21.0. The predicted octanol–water partition coefficient (Wildman–Crippen LogP) is 3.92. The fourth-order valence-electron chi connectivity index (χ4n) is 2.07. The summed E-state index contributed by atoms with van der Waals surface area (Å²) in [6.45, 7) is 6.96. The summed E-state index contributed by atoms with van der Waals surface area (Å²) in [6.07, 6.45) is 6.80. The topological polar surface area (TPSA) is 0 Å². The second-order valence-electron chi connectivity index (χ2n) is 3.65. The molecule has 0 nitrogen and oxygen atoms in total. The van der Waals surface area contributed by atoms with Crippen LogP contribution in [0.3, 0.4) is 0 Å². The van der Waals surface area contributed by atoms with Crippen molar-refractivity contribution < 1.29 is 0 Å². The van der Waals surface area contributed by atoms with Crippen molar-refractivity contribution in [3.63, 3.8) is 0 Å². The summed E-state index contributed by atoms with van der Waals surface area (Å²) in [5, 5.41) is 0. The predicted molar refractivity (Wildman–Crippen MR) is 50.6 cm³/mol. The van der Waals surface area contributed by atoms with Crippen molar-refractivity contribution in [2.45, 2.75) is 52.9 Å². The van der Waals surface area contributed by atoms with E-state index in [0.29, 0.717) is 0 Å². The van der Waals surface area contributed by atoms with Gasteiger partial charge in [-0.2, -0.15) is 0 Å². The van der Waals surface area contributed by atoms with Gasteiger partial charge in [0, 0.05) is 0 Å². The van der Waals surface area contributed by atoms with Crippen molar-refractivity contribution in [3.8, 4) is 0 Å². The second-order valence-corrected chi connectivity index (χ2v) is 3.65. The van der Waals surface area contributed by atoms with Crippen molar-refractivity contribution in [1.82, 2.24) is 0 Å². The molecule has 0 aromatic heterocycles. The minimum absolute atomic E-state index is 0.854. The molecule has 0 fully saturated rings. The SMILES string of the molecule is CCC1=C(C(C)CC)CCC1. The van der Waals surface area contributed by atoms with Crippen molar-refractivity contribution in [2.24, 2.45) is 5.92 Å². The van der Waals surface area contributed by atoms with Crippen LogP contribution >= 0.6 is 0 Å². The third kappa shape index (κ3) is 1.85. The average molecular weight is 152 g/mol. The highest BCUT2D eigenvalue weighted by Gasteiger charge is 2.16. The lowest BCUT2D eigenvalue weighted by Crippen LogP contribution is -1.96. The Balaban J connectivity index is 2.66. The van der Waals surface area contributed by atoms with Gasteiger partial charge in [0.05, 0.1) is 0 Å². The minimum atomic E-state index is 0.854. The number of allylic oxidation sites excluding steroid dienone is 2. The molecule has 0 amide bonds. The summed E-state index contributed by atoms with van der Waals surface area (Å²) in [4.78, 5) is 0. The van der Waals surface area contributed by atoms with E-state index in [1.54, 1.807) is 11.1 Å². The van der Waals surface area contributed by atoms with Crippen LogP contribution in [0.1, 0.15) is 52.9 Å². The molecule has 1 atom stereocenters. The number of hydrogen-bond acceptors (Lipinski definition) is 0. The first-order valence-corrected chi connectivity index (χ1v) is 5.00. The number of rotatable bonds is 3. The molecule has 1 rings (SSSR count). The largest absolute Gasteiger partial charge is 0.0710 e. The molecular weight excluding hydrogens is 132 g/mol. The molecule has 1 aliphatic carbocycles. The van der Waals surface area contributed by atoms with Gasteiger partial charge >= 0.3 is 0 Å². The van der Waals surface area contributed by atoms with Gasteiger partial charge in [0.25, 0.3) is 0 Å². The molecule has 0 bridgehead atoms. The van der Waals surface area contributed by atoms with Crippen LogP contribution in [0.5, 0.6) is 0 Å². The van der Waals surface area contributed by atoms with E-state index >= 15 is 0 Å². The Kier molecular flexibility index (Phi) is 3.16. The van der Waals surface area contributed by atoms with Crippen molar-refractivity contribution >= 4 is 0 Å². The van der Waals surface area contributed by atoms with E-state index in [4.69, 9.17) is 0 Å². The molecule has 0 heterocycles. The summed E-state index contributed by atoms with van der Waals surface area (Å²) >= 11 is 0. The van der Waals surface area contributed by atoms with Crippen LogP contribution in [-0.2, 0) is 0 Å². The molecule has 0 spiro atoms. The zero-order valence-electron chi connectivity index (χ0n) is 8.11. The van der Waals surface area contributed by atoms with E-state index < -0.39 is 0 Å². The second kappa shape index (κ2) is 3.94. The summed E-state index contributed by atoms with van der Waals surface area (Å²) in [6, 6.07) is 0. The lowest BCUT2D eigenvalue weighted by atomic mass is 9.94. The molecule has 0 aromatic carbocycles. The molecule has 1 aliphatic rings. The maximum atomic E-state index is 2.37. The Labute approximate surface area is 70.7 Å². The molecule has 0 saturated heterocycles. The monoisotopic (exact) mass is 152 g/mol. The molecule has 0 heteroatoms. The first-order valence-electron chi connectivity index (χ1n) is 5.00. The molecule has 0 N–H and O–H groups in total. The maximum absolute atomic E-state index is 2.37. The summed E-state index contributed by atoms with van der Waals surface area (Å²) in [5.74, 6) is 0.854. The molecular formula is C11H20. The minimum Gasteiger partial charge on any atom is -0.0710 e. The summed E-state index contributed by atoms with van der Waals surface area (Å²) < 4.78 is 0. The van der Waals surface area contributed by atoms with Crippen molar-refractivity contribution in [1.29, 1.82) is 0 Å². The van der Waals surface area contributed by atoms with E-state index in [9.17, 15) is 0 Å². The van der Waals surface area contributed by atoms with Gasteiger partial charge in [0.1, 0.15) is 0 Å². The standard InChI is InChI=1S/C11H20/c1-4-9(3)11-8-6-7-10(11)5-2/h9H,4-8H2,1-3H3. The molecule has 0 aliphatic heterocycles. The zero-order valence-corrected chi connectivity index (χ0v) is 8.11. The summed E-state index contributed by atoms with van der Waals surface area (Å²) in [7, 11) is 0. The van der Waals surface area contributed by atoms with Gasteiger partial charge in [-0.1, -0.05) is 31.9 Å². The van der Waals surface area contributed by atoms with Crippen LogP contribution in [0.25, 0.3) is 0 Å². The van der Waals surface area contributed by atoms with Crippen LogP contribution in [0.4, 0.5) is 0 Å². The first-order chi connectivity index (χ1) is 5.29. The third-order valence-electron chi connectivity index (χ3n) is 3.01. The highest BCUT2D eigenvalue weighted by Crippen LogP contribution is 2.34. The highest BCUT2D eigenvalue weighted by molar-refractivity contribution is 5.21. The van der Waals surface area contributed by atoms with Gasteiger partial charge in [-0.05, 0) is 38.0 Å². The molecule has 11 heavy (non-hydrogen) atoms. The quantitative estimate of drug-likeness (QED) is 0.538. The lowest BCUT2D eigenvalue weighted by Gasteiger charge is -2.12. The maximum Gasteiger partial charge on any atom is -0.0232 e. The Bertz CT molecular complexity index is 153. The smallest absolute Gasteiger partial charge is 0.0232 e. The van der Waals surface area contributed by atoms with Crippen molar-refractivity contribution in [3.05, 3.63) is 11.1 Å². The van der Waals surface area contributed by atoms with E-state index in [0.717, 1.165) is 5.92 Å². The Morgan fingerprint density at radius 3 is 2.55 bits per heavy atom. The van der Waals surface area contributed by atoms with Gasteiger partial charge in [-0.3, -0.25) is 0 Å². The van der Waals surface area contributed by atoms with Gasteiger partial charge in [-0.25, -0.2) is 0 Å². The van der Waals surface area contributed by atoms with Crippen LogP contribution in [0.2, 0.25) is 0 Å². The van der Waals surface area contributed by atoms with E-state index in [2.05, 4.69) is 20.8 Å². The van der Waals surface area contributed by atoms with Crippen molar-refractivity contribution in [2.75, 3.05) is 0 Å². The first kappa shape index (κ1) is 8.83. The number of hydrogen-bond donors (Lipinski definition) is 0. The highest BCUT2D eigenvalue weighted by atomic mass is 14.2. The fourth-order valence-corrected chi connectivity index (χ4v) is 2.07. The molecule has 1 unspecified atom stereocenters. The fraction of sp³-hybridized carbons (Fsp3) is 0.818. The molecule has 0 radical (unpaired) electrons. The van der Waals surface area contributed by atoms with Crippen LogP contribution in [0.15, 0.2) is 11.1 Å². The van der Waals surface area contributed by atoms with Gasteiger partial charge < -0.3 is 0 Å². The average Bonchev–Trinajstić information content (AvgIpc) is 2.50. The molecule has 0 aromatic rings. The Morgan fingerprint density at radius 1 is 1.27 bits per heavy atom. The van der Waals surface area contributed by atoms with Gasteiger partial charge in [0.15, 0.2) is 0 Å². The Hall–Kier alpha value is -0.260. The van der Waals surface area contributed by atoms with Crippen LogP contribution in [-0.4, -0.2) is 0 Å². The van der Waals surface area contributed by atoms with Gasteiger partial charge in [-0.15, -0.1) is 0 Å². The third-order valence-corrected chi connectivity index (χ3v) is 3.01. The van der Waals surface area contributed by atoms with E-state index in [1.807, 2.05) is 0 Å². The van der Waals surface area contributed by atoms with E-state index in [1.165, 1.54) is 32.1 Å². The van der Waals surface area contributed by atoms with Crippen LogP contribution < -0.4 is 0 Å². The molecule has 0 saturated carbocycles. The van der Waals surface area contributed by atoms with Gasteiger partial charge in [0.2, 0.25) is 0 Å². The van der Waals surface area contributed by atoms with Crippen LogP contribution in [0, 0.1) is 5.92 Å². The Morgan fingerprint density at radius 2 is 2.00 bits per heavy atom. The lowest BCUT2D eigenvalue weighted by molar-refractivity contribution is 0.629. The van der Waals surface area contributed by atoms with E-state index in [-0.39, 0.29) is 0 Å². The summed E-state index contributed by atoms with van der Waals surface area (Å²) in [5.41, 5.74) is 3.55. The zero-order chi connectivity index (χ0) is 8.27.